The van der Waals surface area contributed by atoms with Crippen molar-refractivity contribution in [3.63, 3.8) is 0 Å². The summed E-state index contributed by atoms with van der Waals surface area (Å²) in [5.74, 6) is 0. The molecule has 0 aliphatic carbocycles. The highest BCUT2D eigenvalue weighted by molar-refractivity contribution is 5.89. The van der Waals surface area contributed by atoms with Gasteiger partial charge in [-0.25, -0.2) is 4.79 Å². The van der Waals surface area contributed by atoms with Crippen LogP contribution in [-0.2, 0) is 19.3 Å². The number of amides is 2. The molecule has 1 heterocycles. The van der Waals surface area contributed by atoms with Crippen LogP contribution in [0.25, 0.3) is 0 Å². The summed E-state index contributed by atoms with van der Waals surface area (Å²) in [5.41, 5.74) is 2.04. The molecule has 2 aromatic rings. The summed E-state index contributed by atoms with van der Waals surface area (Å²) >= 11 is 0. The van der Waals surface area contributed by atoms with E-state index in [1.165, 1.54) is 17.0 Å². The van der Waals surface area contributed by atoms with Gasteiger partial charge >= 0.3 is 12.2 Å². The smallest absolute Gasteiger partial charge is 0.323 e. The zero-order valence-electron chi connectivity index (χ0n) is 14.6. The molecule has 0 spiro atoms. The molecule has 0 saturated carbocycles. The van der Waals surface area contributed by atoms with E-state index in [0.29, 0.717) is 6.54 Å². The maximum absolute atomic E-state index is 12.7. The molecule has 0 fully saturated rings. The lowest BCUT2D eigenvalue weighted by Gasteiger charge is -2.19. The van der Waals surface area contributed by atoms with E-state index >= 15 is 0 Å². The number of aromatic nitrogens is 2. The maximum Gasteiger partial charge on any atom is 0.416 e. The number of carbonyl (C=O) groups excluding carboxylic acids is 1. The first-order valence-electron chi connectivity index (χ1n) is 7.85. The Morgan fingerprint density at radius 2 is 2.00 bits per heavy atom. The normalized spacial score (nSPS) is 11.5. The molecule has 0 bridgehead atoms. The SMILES string of the molecule is CCn1nc(C)c(CN(C)C(=O)Nc2cccc(C(F)(F)F)c2)c1C. The molecule has 1 aromatic carbocycles. The van der Waals surface area contributed by atoms with Crippen molar-refractivity contribution in [2.24, 2.45) is 0 Å². The Labute approximate surface area is 144 Å². The number of benzene rings is 1. The standard InChI is InChI=1S/C17H21F3N4O/c1-5-24-12(3)15(11(2)22-24)10-23(4)16(25)21-14-8-6-7-13(9-14)17(18,19)20/h6-9H,5,10H2,1-4H3,(H,21,25). The van der Waals surface area contributed by atoms with Crippen LogP contribution in [0.2, 0.25) is 0 Å². The fraction of sp³-hybridized carbons (Fsp3) is 0.412. The van der Waals surface area contributed by atoms with Crippen LogP contribution in [0.15, 0.2) is 24.3 Å². The number of nitrogens with one attached hydrogen (secondary N) is 1. The van der Waals surface area contributed by atoms with E-state index in [9.17, 15) is 18.0 Å². The first-order chi connectivity index (χ1) is 11.6. The Morgan fingerprint density at radius 1 is 1.32 bits per heavy atom. The van der Waals surface area contributed by atoms with Crippen LogP contribution in [-0.4, -0.2) is 27.8 Å². The lowest BCUT2D eigenvalue weighted by Crippen LogP contribution is -2.31. The number of carbonyl (C=O) groups is 1. The van der Waals surface area contributed by atoms with Crippen molar-refractivity contribution in [3.05, 3.63) is 46.8 Å². The molecule has 1 aromatic heterocycles. The van der Waals surface area contributed by atoms with E-state index in [1.54, 1.807) is 7.05 Å². The molecule has 0 atom stereocenters. The van der Waals surface area contributed by atoms with E-state index in [1.807, 2.05) is 25.5 Å². The van der Waals surface area contributed by atoms with E-state index in [2.05, 4.69) is 10.4 Å². The van der Waals surface area contributed by atoms with E-state index in [-0.39, 0.29) is 5.69 Å². The van der Waals surface area contributed by atoms with Crippen molar-refractivity contribution in [3.8, 4) is 0 Å². The predicted molar refractivity (Wildman–Crippen MR) is 89.3 cm³/mol. The molecule has 0 aliphatic rings. The highest BCUT2D eigenvalue weighted by Crippen LogP contribution is 2.30. The van der Waals surface area contributed by atoms with Crippen LogP contribution in [0.4, 0.5) is 23.7 Å². The van der Waals surface area contributed by atoms with Crippen LogP contribution < -0.4 is 5.32 Å². The number of urea groups is 1. The molecule has 0 saturated heterocycles. The second kappa shape index (κ2) is 7.16. The van der Waals surface area contributed by atoms with Gasteiger partial charge in [0.25, 0.3) is 0 Å². The molecule has 1 N–H and O–H groups in total. The van der Waals surface area contributed by atoms with Crippen molar-refractivity contribution in [2.75, 3.05) is 12.4 Å². The number of anilines is 1. The molecular weight excluding hydrogens is 333 g/mol. The number of halogens is 3. The zero-order chi connectivity index (χ0) is 18.8. The molecule has 8 heteroatoms. The minimum absolute atomic E-state index is 0.101. The van der Waals surface area contributed by atoms with Gasteiger partial charge in [0.15, 0.2) is 0 Å². The Hall–Kier alpha value is -2.51. The number of aryl methyl sites for hydroxylation is 2. The number of alkyl halides is 3. The highest BCUT2D eigenvalue weighted by atomic mass is 19.4. The summed E-state index contributed by atoms with van der Waals surface area (Å²) in [6.45, 7) is 6.83. The summed E-state index contributed by atoms with van der Waals surface area (Å²) in [7, 11) is 1.59. The second-order valence-corrected chi connectivity index (χ2v) is 5.83. The zero-order valence-corrected chi connectivity index (χ0v) is 14.6. The Bertz CT molecular complexity index is 768. The topological polar surface area (TPSA) is 50.2 Å². The van der Waals surface area contributed by atoms with E-state index in [0.717, 1.165) is 35.6 Å². The van der Waals surface area contributed by atoms with Crippen LogP contribution >= 0.6 is 0 Å². The molecule has 0 unspecified atom stereocenters. The molecule has 5 nitrogen and oxygen atoms in total. The fourth-order valence-corrected chi connectivity index (χ4v) is 2.57. The van der Waals surface area contributed by atoms with Gasteiger partial charge < -0.3 is 10.2 Å². The van der Waals surface area contributed by atoms with Crippen molar-refractivity contribution < 1.29 is 18.0 Å². The molecule has 25 heavy (non-hydrogen) atoms. The predicted octanol–water partition coefficient (Wildman–Crippen LogP) is 4.20. The first kappa shape index (κ1) is 18.8. The van der Waals surface area contributed by atoms with Crippen molar-refractivity contribution in [1.82, 2.24) is 14.7 Å². The van der Waals surface area contributed by atoms with Crippen molar-refractivity contribution in [2.45, 2.75) is 40.0 Å². The van der Waals surface area contributed by atoms with Gasteiger partial charge in [-0.15, -0.1) is 0 Å². The number of hydrogen-bond donors (Lipinski definition) is 1. The Balaban J connectivity index is 2.10. The Kier molecular flexibility index (Phi) is 5.39. The van der Waals surface area contributed by atoms with E-state index < -0.39 is 17.8 Å². The summed E-state index contributed by atoms with van der Waals surface area (Å²) in [5, 5.41) is 6.89. The fourth-order valence-electron chi connectivity index (χ4n) is 2.57. The second-order valence-electron chi connectivity index (χ2n) is 5.83. The number of hydrogen-bond acceptors (Lipinski definition) is 2. The van der Waals surface area contributed by atoms with Gasteiger partial charge in [0.2, 0.25) is 0 Å². The largest absolute Gasteiger partial charge is 0.416 e. The van der Waals surface area contributed by atoms with Gasteiger partial charge in [-0.3, -0.25) is 4.68 Å². The van der Waals surface area contributed by atoms with E-state index in [4.69, 9.17) is 0 Å². The Morgan fingerprint density at radius 3 is 2.56 bits per heavy atom. The van der Waals surface area contributed by atoms with Crippen LogP contribution in [0.1, 0.15) is 29.4 Å². The van der Waals surface area contributed by atoms with Crippen molar-refractivity contribution in [1.29, 1.82) is 0 Å². The van der Waals surface area contributed by atoms with Gasteiger partial charge in [0.1, 0.15) is 0 Å². The van der Waals surface area contributed by atoms with Crippen molar-refractivity contribution >= 4 is 11.7 Å². The highest BCUT2D eigenvalue weighted by Gasteiger charge is 2.30. The molecule has 2 rings (SSSR count). The third kappa shape index (κ3) is 4.32. The van der Waals surface area contributed by atoms with Gasteiger partial charge in [0.05, 0.1) is 17.8 Å². The molecule has 136 valence electrons. The van der Waals surface area contributed by atoms with Gasteiger partial charge in [-0.1, -0.05) is 6.07 Å². The lowest BCUT2D eigenvalue weighted by molar-refractivity contribution is -0.137. The molecular formula is C17H21F3N4O. The number of rotatable bonds is 4. The van der Waals surface area contributed by atoms with Crippen LogP contribution in [0.5, 0.6) is 0 Å². The molecule has 0 radical (unpaired) electrons. The first-order valence-corrected chi connectivity index (χ1v) is 7.85. The summed E-state index contributed by atoms with van der Waals surface area (Å²) < 4.78 is 40.1. The van der Waals surface area contributed by atoms with Crippen LogP contribution in [0, 0.1) is 13.8 Å². The third-order valence-electron chi connectivity index (χ3n) is 4.01. The van der Waals surface area contributed by atoms with Crippen LogP contribution in [0.3, 0.4) is 0 Å². The molecule has 2 amide bonds. The summed E-state index contributed by atoms with van der Waals surface area (Å²) in [4.78, 5) is 13.7. The quantitative estimate of drug-likeness (QED) is 0.894. The third-order valence-corrected chi connectivity index (χ3v) is 4.01. The lowest BCUT2D eigenvalue weighted by atomic mass is 10.2. The number of nitrogens with zero attached hydrogens (tertiary/aromatic N) is 3. The van der Waals surface area contributed by atoms with Gasteiger partial charge in [-0.05, 0) is 39.0 Å². The maximum atomic E-state index is 12.7. The minimum atomic E-state index is -4.45. The average molecular weight is 354 g/mol. The monoisotopic (exact) mass is 354 g/mol. The van der Waals surface area contributed by atoms with Gasteiger partial charge in [0, 0.05) is 30.5 Å². The average Bonchev–Trinajstić information content (AvgIpc) is 2.81. The minimum Gasteiger partial charge on any atom is -0.323 e. The van der Waals surface area contributed by atoms with Gasteiger partial charge in [-0.2, -0.15) is 18.3 Å². The summed E-state index contributed by atoms with van der Waals surface area (Å²) in [6.07, 6.45) is -4.45. The summed E-state index contributed by atoms with van der Waals surface area (Å²) in [6, 6.07) is 4.08. The molecule has 0 aliphatic heterocycles.